The summed E-state index contributed by atoms with van der Waals surface area (Å²) in [5.41, 5.74) is 0.788. The van der Waals surface area contributed by atoms with Gasteiger partial charge >= 0.3 is 12.1 Å². The molecule has 1 aromatic carbocycles. The van der Waals surface area contributed by atoms with Crippen LogP contribution in [0.3, 0.4) is 0 Å². The summed E-state index contributed by atoms with van der Waals surface area (Å²) >= 11 is -1.62. The van der Waals surface area contributed by atoms with Crippen molar-refractivity contribution in [3.8, 4) is 0 Å². The van der Waals surface area contributed by atoms with Gasteiger partial charge in [0.25, 0.3) is 5.91 Å². The maximum Gasteiger partial charge on any atom is 0.408 e. The van der Waals surface area contributed by atoms with Crippen molar-refractivity contribution in [2.24, 2.45) is 0 Å². The largest absolute Gasteiger partial charge is 0.614 e. The lowest BCUT2D eigenvalue weighted by molar-refractivity contribution is -0.160. The van der Waals surface area contributed by atoms with Crippen molar-refractivity contribution < 1.29 is 28.8 Å². The van der Waals surface area contributed by atoms with Crippen molar-refractivity contribution in [2.45, 2.75) is 42.7 Å². The molecule has 9 heteroatoms. The quantitative estimate of drug-likeness (QED) is 0.590. The highest BCUT2D eigenvalue weighted by atomic mass is 32.2. The monoisotopic (exact) mass is 366 g/mol. The van der Waals surface area contributed by atoms with Gasteiger partial charge in [-0.25, -0.2) is 9.59 Å². The van der Waals surface area contributed by atoms with Gasteiger partial charge in [-0.1, -0.05) is 30.3 Å². The average molecular weight is 366 g/mol. The number of alkyl carbamates (subject to hydrolysis) is 1. The third kappa shape index (κ3) is 2.83. The van der Waals surface area contributed by atoms with Crippen molar-refractivity contribution in [1.82, 2.24) is 10.2 Å². The molecule has 0 aliphatic carbocycles. The number of rotatable bonds is 4. The van der Waals surface area contributed by atoms with Crippen LogP contribution in [0.1, 0.15) is 19.4 Å². The highest BCUT2D eigenvalue weighted by Gasteiger charge is 2.72. The molecule has 1 unspecified atom stereocenters. The second-order valence-electron chi connectivity index (χ2n) is 6.46. The Morgan fingerprint density at radius 3 is 2.60 bits per heavy atom. The molecule has 4 atom stereocenters. The number of nitrogens with zero attached hydrogens (tertiary/aromatic N) is 1. The predicted molar refractivity (Wildman–Crippen MR) is 87.8 cm³/mol. The summed E-state index contributed by atoms with van der Waals surface area (Å²) in [5, 5.41) is 10.9. The molecule has 2 aliphatic rings. The van der Waals surface area contributed by atoms with Crippen LogP contribution in [-0.4, -0.2) is 54.7 Å². The smallest absolute Gasteiger partial charge is 0.408 e. The van der Waals surface area contributed by atoms with Crippen LogP contribution in [0.5, 0.6) is 0 Å². The normalized spacial score (nSPS) is 29.6. The van der Waals surface area contributed by atoms with E-state index in [2.05, 4.69) is 5.32 Å². The molecule has 25 heavy (non-hydrogen) atoms. The van der Waals surface area contributed by atoms with Crippen LogP contribution in [-0.2, 0) is 32.1 Å². The number of β-lactam (4-membered cyclic amide) rings is 1. The first-order valence-electron chi connectivity index (χ1n) is 7.68. The van der Waals surface area contributed by atoms with Gasteiger partial charge in [-0.2, -0.15) is 0 Å². The molecule has 0 aromatic heterocycles. The Kier molecular flexibility index (Phi) is 4.38. The van der Waals surface area contributed by atoms with Crippen LogP contribution in [0.25, 0.3) is 0 Å². The molecule has 8 nitrogen and oxygen atoms in total. The van der Waals surface area contributed by atoms with Gasteiger partial charge in [0.1, 0.15) is 6.61 Å². The van der Waals surface area contributed by atoms with E-state index < -0.39 is 51.4 Å². The zero-order valence-electron chi connectivity index (χ0n) is 13.7. The molecule has 2 heterocycles. The number of carboxylic acids is 1. The van der Waals surface area contributed by atoms with Crippen LogP contribution in [0.4, 0.5) is 4.79 Å². The number of hydrogen-bond acceptors (Lipinski definition) is 5. The Hall–Kier alpha value is -2.26. The van der Waals surface area contributed by atoms with Crippen molar-refractivity contribution >= 4 is 29.1 Å². The lowest BCUT2D eigenvalue weighted by Gasteiger charge is -2.40. The van der Waals surface area contributed by atoms with E-state index in [1.54, 1.807) is 24.3 Å². The molecule has 0 radical (unpaired) electrons. The van der Waals surface area contributed by atoms with Crippen LogP contribution < -0.4 is 5.32 Å². The lowest BCUT2D eigenvalue weighted by Crippen LogP contribution is -2.72. The van der Waals surface area contributed by atoms with Gasteiger partial charge in [0.05, 0.1) is 0 Å². The van der Waals surface area contributed by atoms with Gasteiger partial charge in [0.2, 0.25) is 5.37 Å². The number of carboxylic acid groups (broad SMARTS) is 1. The Bertz CT molecular complexity index is 710. The summed E-state index contributed by atoms with van der Waals surface area (Å²) in [6.07, 6.45) is -0.810. The van der Waals surface area contributed by atoms with E-state index in [0.717, 1.165) is 10.5 Å². The molecule has 3 rings (SSSR count). The standard InChI is InChI=1S/C16H18N2O6S/c1-16(2)11(14(20)21)18-12(19)10(13(18)25(16)23)17-15(22)24-8-9-6-4-3-5-7-9/h3-7,10-11,13H,8H2,1-2H3,(H,17,22)(H,20,21)/t10-,11+,13-,25?/m1/s1. The van der Waals surface area contributed by atoms with Gasteiger partial charge in [-0.3, -0.25) is 9.69 Å². The fourth-order valence-corrected chi connectivity index (χ4v) is 5.11. The summed E-state index contributed by atoms with van der Waals surface area (Å²) in [6.45, 7) is 3.12. The second-order valence-corrected chi connectivity index (χ2v) is 8.59. The van der Waals surface area contributed by atoms with Gasteiger partial charge < -0.3 is 19.7 Å². The van der Waals surface area contributed by atoms with Gasteiger partial charge in [0.15, 0.2) is 16.8 Å². The van der Waals surface area contributed by atoms with E-state index in [1.165, 1.54) is 13.8 Å². The molecule has 2 saturated heterocycles. The summed E-state index contributed by atoms with van der Waals surface area (Å²) in [6, 6.07) is 6.81. The number of aliphatic carboxylic acids is 1. The van der Waals surface area contributed by atoms with E-state index in [0.29, 0.717) is 0 Å². The topological polar surface area (TPSA) is 119 Å². The van der Waals surface area contributed by atoms with Gasteiger partial charge in [-0.15, -0.1) is 0 Å². The highest BCUT2D eigenvalue weighted by Crippen LogP contribution is 2.45. The molecule has 2 amide bonds. The second kappa shape index (κ2) is 6.23. The summed E-state index contributed by atoms with van der Waals surface area (Å²) in [4.78, 5) is 36.7. The summed E-state index contributed by atoms with van der Waals surface area (Å²) in [7, 11) is 0. The number of benzene rings is 1. The first kappa shape index (κ1) is 17.6. The van der Waals surface area contributed by atoms with E-state index in [9.17, 15) is 24.0 Å². The zero-order chi connectivity index (χ0) is 18.4. The third-order valence-corrected chi connectivity index (χ3v) is 6.67. The predicted octanol–water partition coefficient (Wildman–Crippen LogP) is 0.444. The number of carbonyl (C=O) groups is 3. The number of ether oxygens (including phenoxy) is 1. The number of hydrogen-bond donors (Lipinski definition) is 2. The molecular formula is C16H18N2O6S. The van der Waals surface area contributed by atoms with Crippen LogP contribution in [0.2, 0.25) is 0 Å². The maximum atomic E-state index is 12.6. The van der Waals surface area contributed by atoms with Crippen molar-refractivity contribution in [3.63, 3.8) is 0 Å². The molecule has 0 saturated carbocycles. The van der Waals surface area contributed by atoms with Gasteiger partial charge in [0, 0.05) is 0 Å². The first-order chi connectivity index (χ1) is 11.7. The van der Waals surface area contributed by atoms with Gasteiger partial charge in [-0.05, 0) is 30.6 Å². The maximum absolute atomic E-state index is 12.6. The van der Waals surface area contributed by atoms with Crippen LogP contribution in [0, 0.1) is 0 Å². The molecular weight excluding hydrogens is 348 g/mol. The summed E-state index contributed by atoms with van der Waals surface area (Å²) in [5.74, 6) is -1.77. The number of amides is 2. The molecule has 134 valence electrons. The number of nitrogens with one attached hydrogen (secondary N) is 1. The Labute approximate surface area is 147 Å². The van der Waals surface area contributed by atoms with E-state index in [1.807, 2.05) is 6.07 Å². The van der Waals surface area contributed by atoms with Crippen LogP contribution in [0.15, 0.2) is 30.3 Å². The SMILES string of the molecule is CC1(C)[C@H](C(=O)O)N2C(=O)[C@@H](NC(=O)OCc3ccccc3)[C@H]2[S+]1[O-]. The molecule has 2 fully saturated rings. The highest BCUT2D eigenvalue weighted by molar-refractivity contribution is 7.94. The molecule has 0 bridgehead atoms. The Morgan fingerprint density at radius 2 is 2.00 bits per heavy atom. The molecule has 1 aromatic rings. The summed E-state index contributed by atoms with van der Waals surface area (Å²) < 4.78 is 16.5. The fraction of sp³-hybridized carbons (Fsp3) is 0.438. The Balaban J connectivity index is 1.64. The van der Waals surface area contributed by atoms with E-state index >= 15 is 0 Å². The van der Waals surface area contributed by atoms with Crippen molar-refractivity contribution in [2.75, 3.05) is 0 Å². The molecule has 2 aliphatic heterocycles. The molecule has 0 spiro atoms. The first-order valence-corrected chi connectivity index (χ1v) is 8.89. The minimum Gasteiger partial charge on any atom is -0.614 e. The Morgan fingerprint density at radius 1 is 1.36 bits per heavy atom. The fourth-order valence-electron chi connectivity index (χ4n) is 3.18. The number of fused-ring (bicyclic) bond motifs is 1. The van der Waals surface area contributed by atoms with E-state index in [-0.39, 0.29) is 6.61 Å². The lowest BCUT2D eigenvalue weighted by atomic mass is 9.96. The zero-order valence-corrected chi connectivity index (χ0v) is 14.5. The minimum absolute atomic E-state index is 0.0360. The molecule has 2 N–H and O–H groups in total. The minimum atomic E-state index is -1.62. The average Bonchev–Trinajstić information content (AvgIpc) is 2.76. The number of carbonyl (C=O) groups excluding carboxylic acids is 2. The van der Waals surface area contributed by atoms with E-state index in [4.69, 9.17) is 4.74 Å². The third-order valence-electron chi connectivity index (χ3n) is 4.47. The van der Waals surface area contributed by atoms with Crippen LogP contribution >= 0.6 is 0 Å². The van der Waals surface area contributed by atoms with Crippen molar-refractivity contribution in [1.29, 1.82) is 0 Å². The van der Waals surface area contributed by atoms with Crippen molar-refractivity contribution in [3.05, 3.63) is 35.9 Å².